The van der Waals surface area contributed by atoms with Crippen LogP contribution in [0.4, 0.5) is 10.2 Å². The number of nitrogens with zero attached hydrogens (tertiary/aromatic N) is 1. The Balaban J connectivity index is 2.81. The SMILES string of the molecule is O=C(O)c1ccnc(NCC(O)CO)c1F. The maximum atomic E-state index is 13.4. The Kier molecular flexibility index (Phi) is 4.15. The van der Waals surface area contributed by atoms with Gasteiger partial charge in [0.15, 0.2) is 11.6 Å². The van der Waals surface area contributed by atoms with E-state index in [4.69, 9.17) is 15.3 Å². The van der Waals surface area contributed by atoms with E-state index in [1.807, 2.05) is 0 Å². The summed E-state index contributed by atoms with van der Waals surface area (Å²) in [5.74, 6) is -2.67. The number of anilines is 1. The molecule has 1 unspecified atom stereocenters. The lowest BCUT2D eigenvalue weighted by Crippen LogP contribution is -2.24. The molecule has 0 bridgehead atoms. The summed E-state index contributed by atoms with van der Waals surface area (Å²) < 4.78 is 13.4. The van der Waals surface area contributed by atoms with E-state index < -0.39 is 30.1 Å². The zero-order valence-corrected chi connectivity index (χ0v) is 8.22. The van der Waals surface area contributed by atoms with Gasteiger partial charge >= 0.3 is 5.97 Å². The predicted octanol–water partition coefficient (Wildman–Crippen LogP) is -0.316. The van der Waals surface area contributed by atoms with Gasteiger partial charge in [0.25, 0.3) is 0 Å². The number of halogens is 1. The fourth-order valence-corrected chi connectivity index (χ4v) is 1.01. The minimum Gasteiger partial charge on any atom is -0.478 e. The molecule has 1 aromatic rings. The van der Waals surface area contributed by atoms with Gasteiger partial charge in [-0.1, -0.05) is 0 Å². The number of aliphatic hydroxyl groups excluding tert-OH is 2. The predicted molar refractivity (Wildman–Crippen MR) is 52.7 cm³/mol. The summed E-state index contributed by atoms with van der Waals surface area (Å²) in [7, 11) is 0. The molecule has 0 aliphatic carbocycles. The van der Waals surface area contributed by atoms with E-state index in [-0.39, 0.29) is 12.4 Å². The highest BCUT2D eigenvalue weighted by Crippen LogP contribution is 2.14. The summed E-state index contributed by atoms with van der Waals surface area (Å²) >= 11 is 0. The third kappa shape index (κ3) is 2.88. The molecule has 1 rings (SSSR count). The number of carbonyl (C=O) groups is 1. The molecule has 7 heteroatoms. The van der Waals surface area contributed by atoms with Crippen molar-refractivity contribution in [2.45, 2.75) is 6.10 Å². The van der Waals surface area contributed by atoms with Crippen molar-refractivity contribution in [3.63, 3.8) is 0 Å². The third-order valence-electron chi connectivity index (χ3n) is 1.84. The lowest BCUT2D eigenvalue weighted by atomic mass is 10.2. The molecule has 6 nitrogen and oxygen atoms in total. The van der Waals surface area contributed by atoms with Crippen LogP contribution in [-0.4, -0.2) is 45.5 Å². The van der Waals surface area contributed by atoms with Crippen LogP contribution in [-0.2, 0) is 0 Å². The molecule has 0 spiro atoms. The highest BCUT2D eigenvalue weighted by atomic mass is 19.1. The van der Waals surface area contributed by atoms with Gasteiger partial charge < -0.3 is 20.6 Å². The van der Waals surface area contributed by atoms with Crippen LogP contribution in [0.5, 0.6) is 0 Å². The van der Waals surface area contributed by atoms with Crippen LogP contribution in [0.1, 0.15) is 10.4 Å². The summed E-state index contributed by atoms with van der Waals surface area (Å²) in [4.78, 5) is 14.2. The van der Waals surface area contributed by atoms with E-state index >= 15 is 0 Å². The average Bonchev–Trinajstić information content (AvgIpc) is 2.26. The Morgan fingerprint density at radius 2 is 2.31 bits per heavy atom. The number of hydrogen-bond acceptors (Lipinski definition) is 5. The number of aromatic nitrogens is 1. The van der Waals surface area contributed by atoms with Crippen molar-refractivity contribution in [3.8, 4) is 0 Å². The quantitative estimate of drug-likeness (QED) is 0.553. The van der Waals surface area contributed by atoms with Gasteiger partial charge in [-0.15, -0.1) is 0 Å². The highest BCUT2D eigenvalue weighted by molar-refractivity contribution is 5.88. The smallest absolute Gasteiger partial charge is 0.338 e. The Hall–Kier alpha value is -1.73. The molecule has 0 aromatic carbocycles. The van der Waals surface area contributed by atoms with Gasteiger partial charge in [-0.3, -0.25) is 0 Å². The molecular weight excluding hydrogens is 219 g/mol. The maximum Gasteiger partial charge on any atom is 0.338 e. The standard InChI is InChI=1S/C9H11FN2O4/c10-7-6(9(15)16)1-2-11-8(7)12-3-5(14)4-13/h1-2,5,13-14H,3-4H2,(H,11,12)(H,15,16). The second kappa shape index (κ2) is 5.38. The van der Waals surface area contributed by atoms with E-state index in [9.17, 15) is 9.18 Å². The topological polar surface area (TPSA) is 103 Å². The van der Waals surface area contributed by atoms with Crippen molar-refractivity contribution < 1.29 is 24.5 Å². The van der Waals surface area contributed by atoms with Crippen molar-refractivity contribution in [1.29, 1.82) is 0 Å². The largest absolute Gasteiger partial charge is 0.478 e. The fourth-order valence-electron chi connectivity index (χ4n) is 1.01. The highest BCUT2D eigenvalue weighted by Gasteiger charge is 2.15. The van der Waals surface area contributed by atoms with Gasteiger partial charge in [0.1, 0.15) is 5.56 Å². The molecule has 4 N–H and O–H groups in total. The van der Waals surface area contributed by atoms with Crippen LogP contribution in [0.2, 0.25) is 0 Å². The molecule has 0 saturated carbocycles. The van der Waals surface area contributed by atoms with Gasteiger partial charge in [0.2, 0.25) is 0 Å². The van der Waals surface area contributed by atoms with Crippen LogP contribution < -0.4 is 5.32 Å². The first-order chi connectivity index (χ1) is 7.56. The van der Waals surface area contributed by atoms with E-state index in [1.165, 1.54) is 0 Å². The number of carboxylic acid groups (broad SMARTS) is 1. The van der Waals surface area contributed by atoms with E-state index in [1.54, 1.807) is 0 Å². The number of pyridine rings is 1. The van der Waals surface area contributed by atoms with Crippen molar-refractivity contribution in [2.75, 3.05) is 18.5 Å². The minimum absolute atomic E-state index is 0.122. The zero-order chi connectivity index (χ0) is 12.1. The van der Waals surface area contributed by atoms with Crippen molar-refractivity contribution >= 4 is 11.8 Å². The van der Waals surface area contributed by atoms with Gasteiger partial charge in [-0.25, -0.2) is 14.2 Å². The number of carboxylic acids is 1. The summed E-state index contributed by atoms with van der Waals surface area (Å²) in [6.07, 6.45) is 0.0786. The van der Waals surface area contributed by atoms with Crippen molar-refractivity contribution in [3.05, 3.63) is 23.6 Å². The lowest BCUT2D eigenvalue weighted by Gasteiger charge is -2.10. The number of hydrogen-bond donors (Lipinski definition) is 4. The van der Waals surface area contributed by atoms with E-state index in [0.29, 0.717) is 0 Å². The molecule has 1 atom stereocenters. The summed E-state index contributed by atoms with van der Waals surface area (Å²) in [5.41, 5.74) is -0.504. The van der Waals surface area contributed by atoms with Gasteiger partial charge in [-0.2, -0.15) is 0 Å². The molecule has 0 aliphatic rings. The van der Waals surface area contributed by atoms with Crippen LogP contribution in [0.3, 0.4) is 0 Å². The Labute approximate surface area is 90.4 Å². The third-order valence-corrected chi connectivity index (χ3v) is 1.84. The molecule has 0 fully saturated rings. The second-order valence-corrected chi connectivity index (χ2v) is 3.04. The first kappa shape index (κ1) is 12.3. The number of rotatable bonds is 5. The Morgan fingerprint density at radius 1 is 1.62 bits per heavy atom. The minimum atomic E-state index is -1.40. The average molecular weight is 230 g/mol. The zero-order valence-electron chi connectivity index (χ0n) is 8.22. The number of aromatic carboxylic acids is 1. The molecular formula is C9H11FN2O4. The normalized spacial score (nSPS) is 12.2. The molecule has 0 saturated heterocycles. The van der Waals surface area contributed by atoms with Crippen molar-refractivity contribution in [1.82, 2.24) is 4.98 Å². The van der Waals surface area contributed by atoms with Crippen molar-refractivity contribution in [2.24, 2.45) is 0 Å². The molecule has 88 valence electrons. The van der Waals surface area contributed by atoms with E-state index in [2.05, 4.69) is 10.3 Å². The monoisotopic (exact) mass is 230 g/mol. The Bertz CT molecular complexity index is 386. The first-order valence-electron chi connectivity index (χ1n) is 4.47. The van der Waals surface area contributed by atoms with Crippen LogP contribution in [0, 0.1) is 5.82 Å². The van der Waals surface area contributed by atoms with Gasteiger partial charge in [0.05, 0.1) is 12.7 Å². The molecule has 0 radical (unpaired) electrons. The number of aliphatic hydroxyl groups is 2. The summed E-state index contributed by atoms with van der Waals surface area (Å²) in [6, 6.07) is 1.03. The van der Waals surface area contributed by atoms with Gasteiger partial charge in [-0.05, 0) is 6.07 Å². The molecule has 1 aromatic heterocycles. The van der Waals surface area contributed by atoms with Crippen LogP contribution in [0.15, 0.2) is 12.3 Å². The second-order valence-electron chi connectivity index (χ2n) is 3.04. The first-order valence-corrected chi connectivity index (χ1v) is 4.47. The fraction of sp³-hybridized carbons (Fsp3) is 0.333. The van der Waals surface area contributed by atoms with E-state index in [0.717, 1.165) is 12.3 Å². The molecule has 0 amide bonds. The van der Waals surface area contributed by atoms with Crippen LogP contribution in [0.25, 0.3) is 0 Å². The van der Waals surface area contributed by atoms with Gasteiger partial charge in [0, 0.05) is 12.7 Å². The van der Waals surface area contributed by atoms with Crippen LogP contribution >= 0.6 is 0 Å². The lowest BCUT2D eigenvalue weighted by molar-refractivity contribution is 0.0692. The number of nitrogens with one attached hydrogen (secondary N) is 1. The Morgan fingerprint density at radius 3 is 2.88 bits per heavy atom. The summed E-state index contributed by atoms with van der Waals surface area (Å²) in [6.45, 7) is -0.600. The summed E-state index contributed by atoms with van der Waals surface area (Å²) in [5, 5.41) is 28.6. The molecule has 16 heavy (non-hydrogen) atoms. The maximum absolute atomic E-state index is 13.4. The molecule has 0 aliphatic heterocycles. The molecule has 1 heterocycles.